The second-order valence-corrected chi connectivity index (χ2v) is 4.68. The van der Waals surface area contributed by atoms with Gasteiger partial charge in [0.05, 0.1) is 6.61 Å². The summed E-state index contributed by atoms with van der Waals surface area (Å²) >= 11 is 1.82. The van der Waals surface area contributed by atoms with Gasteiger partial charge in [0.25, 0.3) is 0 Å². The largest absolute Gasteiger partial charge is 0.383 e. The highest BCUT2D eigenvalue weighted by Gasteiger charge is 2.14. The number of methoxy groups -OCH3 is 1. The molecule has 1 heterocycles. The van der Waals surface area contributed by atoms with Crippen LogP contribution in [-0.2, 0) is 4.74 Å². The molecular weight excluding hydrogens is 206 g/mol. The fraction of sp³-hybridized carbons (Fsp3) is 0.667. The summed E-state index contributed by atoms with van der Waals surface area (Å²) in [5, 5.41) is 5.78. The van der Waals surface area contributed by atoms with Crippen molar-refractivity contribution in [3.05, 3.63) is 22.4 Å². The highest BCUT2D eigenvalue weighted by atomic mass is 32.1. The van der Waals surface area contributed by atoms with Crippen LogP contribution in [0.2, 0.25) is 0 Å². The second-order valence-electron chi connectivity index (χ2n) is 3.70. The highest BCUT2D eigenvalue weighted by Crippen LogP contribution is 2.22. The van der Waals surface area contributed by atoms with Crippen LogP contribution in [0.1, 0.15) is 37.6 Å². The summed E-state index contributed by atoms with van der Waals surface area (Å²) in [4.78, 5) is 1.42. The molecule has 1 N–H and O–H groups in total. The first kappa shape index (κ1) is 12.7. The second kappa shape index (κ2) is 6.99. The maximum atomic E-state index is 5.20. The van der Waals surface area contributed by atoms with Crippen LogP contribution in [0, 0.1) is 0 Å². The van der Waals surface area contributed by atoms with E-state index in [-0.39, 0.29) is 0 Å². The van der Waals surface area contributed by atoms with Crippen LogP contribution < -0.4 is 5.32 Å². The summed E-state index contributed by atoms with van der Waals surface area (Å²) in [6.07, 6.45) is 2.23. The van der Waals surface area contributed by atoms with Crippen LogP contribution >= 0.6 is 11.3 Å². The van der Waals surface area contributed by atoms with E-state index in [2.05, 4.69) is 36.7 Å². The molecule has 0 saturated heterocycles. The zero-order valence-electron chi connectivity index (χ0n) is 9.82. The van der Waals surface area contributed by atoms with E-state index >= 15 is 0 Å². The number of hydrogen-bond acceptors (Lipinski definition) is 3. The molecule has 0 saturated carbocycles. The Labute approximate surface area is 96.7 Å². The molecule has 0 bridgehead atoms. The lowest BCUT2D eigenvalue weighted by Crippen LogP contribution is -2.35. The van der Waals surface area contributed by atoms with E-state index in [9.17, 15) is 0 Å². The van der Waals surface area contributed by atoms with Gasteiger partial charge in [0.15, 0.2) is 0 Å². The molecule has 15 heavy (non-hydrogen) atoms. The predicted molar refractivity (Wildman–Crippen MR) is 66.4 cm³/mol. The van der Waals surface area contributed by atoms with Gasteiger partial charge in [-0.3, -0.25) is 0 Å². The van der Waals surface area contributed by atoms with Crippen LogP contribution in [0.5, 0.6) is 0 Å². The Hall–Kier alpha value is -0.380. The average molecular weight is 227 g/mol. The lowest BCUT2D eigenvalue weighted by atomic mass is 10.1. The van der Waals surface area contributed by atoms with Crippen LogP contribution in [0.3, 0.4) is 0 Å². The Morgan fingerprint density at radius 3 is 2.67 bits per heavy atom. The smallest absolute Gasteiger partial charge is 0.0615 e. The molecule has 1 aromatic heterocycles. The third-order valence-electron chi connectivity index (χ3n) is 2.59. The first-order valence-corrected chi connectivity index (χ1v) is 6.48. The van der Waals surface area contributed by atoms with E-state index in [1.165, 1.54) is 4.88 Å². The van der Waals surface area contributed by atoms with E-state index in [0.29, 0.717) is 12.1 Å². The van der Waals surface area contributed by atoms with Crippen LogP contribution in [0.25, 0.3) is 0 Å². The summed E-state index contributed by atoms with van der Waals surface area (Å²) in [6.45, 7) is 5.20. The Morgan fingerprint density at radius 1 is 1.40 bits per heavy atom. The highest BCUT2D eigenvalue weighted by molar-refractivity contribution is 7.10. The number of nitrogens with one attached hydrogen (secondary N) is 1. The van der Waals surface area contributed by atoms with Crippen molar-refractivity contribution in [3.63, 3.8) is 0 Å². The van der Waals surface area contributed by atoms with Gasteiger partial charge in [-0.2, -0.15) is 0 Å². The number of hydrogen-bond donors (Lipinski definition) is 1. The predicted octanol–water partition coefficient (Wildman–Crippen LogP) is 3.21. The molecule has 1 aromatic rings. The summed E-state index contributed by atoms with van der Waals surface area (Å²) in [7, 11) is 1.76. The lowest BCUT2D eigenvalue weighted by Gasteiger charge is -2.22. The lowest BCUT2D eigenvalue weighted by molar-refractivity contribution is 0.158. The van der Waals surface area contributed by atoms with Crippen molar-refractivity contribution in [1.29, 1.82) is 0 Å². The Balaban J connectivity index is 2.52. The molecular formula is C12H21NOS. The van der Waals surface area contributed by atoms with Crippen LogP contribution in [0.15, 0.2) is 17.5 Å². The number of ether oxygens (including phenoxy) is 1. The van der Waals surface area contributed by atoms with Crippen molar-refractivity contribution in [2.75, 3.05) is 13.7 Å². The van der Waals surface area contributed by atoms with E-state index in [1.54, 1.807) is 7.11 Å². The SMILES string of the molecule is CCC(COC)NC(CC)c1cccs1. The molecule has 0 aromatic carbocycles. The summed E-state index contributed by atoms with van der Waals surface area (Å²) < 4.78 is 5.20. The maximum Gasteiger partial charge on any atom is 0.0615 e. The van der Waals surface area contributed by atoms with Crippen molar-refractivity contribution in [2.24, 2.45) is 0 Å². The van der Waals surface area contributed by atoms with Gasteiger partial charge < -0.3 is 10.1 Å². The van der Waals surface area contributed by atoms with Gasteiger partial charge in [0, 0.05) is 24.1 Å². The van der Waals surface area contributed by atoms with Crippen molar-refractivity contribution in [1.82, 2.24) is 5.32 Å². The van der Waals surface area contributed by atoms with Gasteiger partial charge >= 0.3 is 0 Å². The molecule has 3 heteroatoms. The van der Waals surface area contributed by atoms with Crippen LogP contribution in [0.4, 0.5) is 0 Å². The van der Waals surface area contributed by atoms with Crippen molar-refractivity contribution < 1.29 is 4.74 Å². The summed E-state index contributed by atoms with van der Waals surface area (Å²) in [5.41, 5.74) is 0. The quantitative estimate of drug-likeness (QED) is 0.772. The topological polar surface area (TPSA) is 21.3 Å². The van der Waals surface area contributed by atoms with E-state index in [1.807, 2.05) is 11.3 Å². The third kappa shape index (κ3) is 3.93. The Morgan fingerprint density at radius 2 is 2.20 bits per heavy atom. The molecule has 2 nitrogen and oxygen atoms in total. The maximum absolute atomic E-state index is 5.20. The first-order valence-electron chi connectivity index (χ1n) is 5.60. The van der Waals surface area contributed by atoms with Gasteiger partial charge in [0.1, 0.15) is 0 Å². The molecule has 0 spiro atoms. The third-order valence-corrected chi connectivity index (χ3v) is 3.58. The first-order chi connectivity index (χ1) is 7.31. The molecule has 0 aliphatic rings. The fourth-order valence-electron chi connectivity index (χ4n) is 1.66. The van der Waals surface area contributed by atoms with Crippen molar-refractivity contribution in [3.8, 4) is 0 Å². The van der Waals surface area contributed by atoms with Crippen molar-refractivity contribution >= 4 is 11.3 Å². The van der Waals surface area contributed by atoms with Gasteiger partial charge in [-0.25, -0.2) is 0 Å². The monoisotopic (exact) mass is 227 g/mol. The number of thiophene rings is 1. The van der Waals surface area contributed by atoms with E-state index in [0.717, 1.165) is 19.4 Å². The van der Waals surface area contributed by atoms with E-state index in [4.69, 9.17) is 4.74 Å². The van der Waals surface area contributed by atoms with Crippen molar-refractivity contribution in [2.45, 2.75) is 38.8 Å². The normalized spacial score (nSPS) is 15.1. The summed E-state index contributed by atoms with van der Waals surface area (Å²) in [6, 6.07) is 5.25. The fourth-order valence-corrected chi connectivity index (χ4v) is 2.53. The van der Waals surface area contributed by atoms with Crippen LogP contribution in [-0.4, -0.2) is 19.8 Å². The zero-order chi connectivity index (χ0) is 11.1. The molecule has 2 atom stereocenters. The van der Waals surface area contributed by atoms with Gasteiger partial charge in [0.2, 0.25) is 0 Å². The molecule has 2 unspecified atom stereocenters. The zero-order valence-corrected chi connectivity index (χ0v) is 10.6. The summed E-state index contributed by atoms with van der Waals surface area (Å²) in [5.74, 6) is 0. The standard InChI is InChI=1S/C12H21NOS/c1-4-10(9-14-3)13-11(5-2)12-7-6-8-15-12/h6-8,10-11,13H,4-5,9H2,1-3H3. The molecule has 0 aliphatic carbocycles. The average Bonchev–Trinajstić information content (AvgIpc) is 2.77. The Bertz CT molecular complexity index is 248. The van der Waals surface area contributed by atoms with Gasteiger partial charge in [-0.1, -0.05) is 19.9 Å². The molecule has 0 fully saturated rings. The minimum Gasteiger partial charge on any atom is -0.383 e. The molecule has 1 rings (SSSR count). The minimum absolute atomic E-state index is 0.460. The molecule has 0 aliphatic heterocycles. The molecule has 0 radical (unpaired) electrons. The molecule has 0 amide bonds. The molecule has 86 valence electrons. The number of rotatable bonds is 7. The van der Waals surface area contributed by atoms with E-state index < -0.39 is 0 Å². The minimum atomic E-state index is 0.460. The van der Waals surface area contributed by atoms with Gasteiger partial charge in [-0.05, 0) is 24.3 Å². The Kier molecular flexibility index (Phi) is 5.91. The van der Waals surface area contributed by atoms with Gasteiger partial charge in [-0.15, -0.1) is 11.3 Å².